The second kappa shape index (κ2) is 16.6. The summed E-state index contributed by atoms with van der Waals surface area (Å²) in [6.45, 7) is 8.28. The first kappa shape index (κ1) is 40.0. The third-order valence-corrected chi connectivity index (χ3v) is 12.9. The fraction of sp³-hybridized carbons (Fsp3) is 0.477. The van der Waals surface area contributed by atoms with Gasteiger partial charge in [0.05, 0.1) is 36.1 Å². The molecule has 17 nitrogen and oxygen atoms in total. The molecule has 4 aliphatic rings. The number of nitrogens with one attached hydrogen (secondary N) is 3. The third-order valence-electron chi connectivity index (χ3n) is 12.9. The summed E-state index contributed by atoms with van der Waals surface area (Å²) in [7, 11) is 1.58. The summed E-state index contributed by atoms with van der Waals surface area (Å²) in [5, 5.41) is 23.6. The van der Waals surface area contributed by atoms with E-state index in [1.165, 1.54) is 36.8 Å². The highest BCUT2D eigenvalue weighted by Crippen LogP contribution is 2.41. The van der Waals surface area contributed by atoms with Crippen LogP contribution in [0.15, 0.2) is 47.4 Å². The summed E-state index contributed by atoms with van der Waals surface area (Å²) in [6, 6.07) is 10.2. The number of nitrogens with zero attached hydrogens (tertiary/aromatic N) is 9. The number of imide groups is 1. The Kier molecular flexibility index (Phi) is 10.9. The Morgan fingerprint density at radius 2 is 1.75 bits per heavy atom. The molecule has 0 bridgehead atoms. The van der Waals surface area contributed by atoms with Crippen LogP contribution in [0, 0.1) is 19.8 Å². The number of anilines is 4. The van der Waals surface area contributed by atoms with Crippen molar-refractivity contribution in [3.8, 4) is 11.4 Å². The van der Waals surface area contributed by atoms with Crippen molar-refractivity contribution in [3.63, 3.8) is 0 Å². The van der Waals surface area contributed by atoms with Crippen LogP contribution in [0.5, 0.6) is 5.75 Å². The molecule has 3 aliphatic heterocycles. The van der Waals surface area contributed by atoms with E-state index in [2.05, 4.69) is 52.5 Å². The van der Waals surface area contributed by atoms with E-state index in [-0.39, 0.29) is 42.3 Å². The molecule has 3 amide bonds. The fourth-order valence-corrected chi connectivity index (χ4v) is 9.57. The zero-order chi connectivity index (χ0) is 42.4. The molecule has 2 aromatic carbocycles. The first-order valence-corrected chi connectivity index (χ1v) is 21.5. The summed E-state index contributed by atoms with van der Waals surface area (Å²) in [5.74, 6) is 3.07. The Bertz CT molecular complexity index is 2570. The van der Waals surface area contributed by atoms with Crippen molar-refractivity contribution in [2.24, 2.45) is 5.92 Å². The van der Waals surface area contributed by atoms with Gasteiger partial charge in [-0.2, -0.15) is 10.1 Å². The Morgan fingerprint density at radius 1 is 0.951 bits per heavy atom. The maximum Gasteiger partial charge on any atom is 0.275 e. The molecule has 318 valence electrons. The van der Waals surface area contributed by atoms with Gasteiger partial charge in [0.2, 0.25) is 11.9 Å². The molecule has 9 rings (SSSR count). The lowest BCUT2D eigenvalue weighted by atomic mass is 9.88. The van der Waals surface area contributed by atoms with Crippen LogP contribution >= 0.6 is 0 Å². The van der Waals surface area contributed by atoms with Crippen LogP contribution in [0.25, 0.3) is 16.5 Å². The molecule has 3 N–H and O–H groups in total. The van der Waals surface area contributed by atoms with Gasteiger partial charge in [0.1, 0.15) is 23.3 Å². The number of piperidine rings is 2. The normalized spacial score (nSPS) is 19.7. The van der Waals surface area contributed by atoms with Crippen LogP contribution in [0.1, 0.15) is 111 Å². The van der Waals surface area contributed by atoms with Crippen molar-refractivity contribution in [1.82, 2.24) is 45.1 Å². The van der Waals surface area contributed by atoms with E-state index < -0.39 is 11.9 Å². The maximum absolute atomic E-state index is 13.6. The Balaban J connectivity index is 0.862. The number of carbonyl (C=O) groups is 3. The summed E-state index contributed by atoms with van der Waals surface area (Å²) in [6.07, 6.45) is 10.8. The molecule has 0 radical (unpaired) electrons. The molecule has 0 spiro atoms. The molecule has 61 heavy (non-hydrogen) atoms. The number of benzene rings is 2. The number of fused-ring (bicyclic) bond motifs is 4. The van der Waals surface area contributed by atoms with Crippen LogP contribution in [-0.2, 0) is 9.59 Å². The highest BCUT2D eigenvalue weighted by atomic mass is 16.5. The third kappa shape index (κ3) is 7.65. The minimum atomic E-state index is -0.820. The molecule has 6 heterocycles. The van der Waals surface area contributed by atoms with Crippen molar-refractivity contribution in [2.75, 3.05) is 41.9 Å². The topological polar surface area (TPSA) is 194 Å². The van der Waals surface area contributed by atoms with Gasteiger partial charge in [0, 0.05) is 48.7 Å². The summed E-state index contributed by atoms with van der Waals surface area (Å²) in [5.41, 5.74) is 3.22. The molecule has 3 aromatic heterocycles. The Labute approximate surface area is 353 Å². The minimum absolute atomic E-state index is 0.0284. The van der Waals surface area contributed by atoms with Gasteiger partial charge >= 0.3 is 0 Å². The van der Waals surface area contributed by atoms with Crippen LogP contribution in [0.4, 0.5) is 23.1 Å². The van der Waals surface area contributed by atoms with Crippen molar-refractivity contribution < 1.29 is 19.1 Å². The van der Waals surface area contributed by atoms with Crippen LogP contribution in [0.3, 0.4) is 0 Å². The predicted octanol–water partition coefficient (Wildman–Crippen LogP) is 5.36. The molecule has 3 fully saturated rings. The van der Waals surface area contributed by atoms with E-state index in [0.29, 0.717) is 58.4 Å². The van der Waals surface area contributed by atoms with Crippen LogP contribution in [-0.4, -0.2) is 85.0 Å². The van der Waals surface area contributed by atoms with Gasteiger partial charge in [-0.05, 0) is 94.7 Å². The number of carbonyl (C=O) groups excluding carboxylic acids is 3. The summed E-state index contributed by atoms with van der Waals surface area (Å²) < 4.78 is 9.07. The number of ether oxygens (including phenoxy) is 1. The smallest absolute Gasteiger partial charge is 0.275 e. The first-order chi connectivity index (χ1) is 29.6. The quantitative estimate of drug-likeness (QED) is 0.152. The molecule has 17 heteroatoms. The SMILES string of the molecule is CC[C@@H]1c2nnc(C)n2-c2cnc(Nc3ccc(C(=O)NC4CCN(c5ccc6c(=O)n(C7CCC(=O)NC7=O)nc(C)c6c5)CC4)cc3OC)nc2N1CC1CCCCC1. The Morgan fingerprint density at radius 3 is 2.51 bits per heavy atom. The average molecular weight is 829 g/mol. The van der Waals surface area contributed by atoms with E-state index in [4.69, 9.17) is 14.7 Å². The minimum Gasteiger partial charge on any atom is -0.495 e. The second-order valence-electron chi connectivity index (χ2n) is 16.7. The lowest BCUT2D eigenvalue weighted by Crippen LogP contribution is -2.45. The van der Waals surface area contributed by atoms with Gasteiger partial charge in [-0.1, -0.05) is 26.2 Å². The number of aromatic nitrogens is 7. The molecular formula is C44H52N12O5. The number of aryl methyl sites for hydroxylation is 2. The maximum atomic E-state index is 13.6. The van der Waals surface area contributed by atoms with E-state index in [1.807, 2.05) is 38.2 Å². The van der Waals surface area contributed by atoms with Crippen molar-refractivity contribution >= 4 is 51.6 Å². The monoisotopic (exact) mass is 828 g/mol. The standard InChI is InChI=1S/C44H52N12O5/c1-5-34-40-51-50-26(3)55(40)36-23-45-44(49-39(36)54(34)24-27-9-7-6-8-10-27)47-33-14-11-28(21-37(33)61-4)41(58)46-29-17-19-53(20-18-29)30-12-13-31-32(22-30)25(2)52-56(43(31)60)35-15-16-38(57)48-42(35)59/h11-14,21-23,27,29,34-35H,5-10,15-20,24H2,1-4H3,(H,46,58)(H,45,47,49)(H,48,57,59)/t34-,35?/m1/s1. The van der Waals surface area contributed by atoms with Crippen molar-refractivity contribution in [2.45, 2.75) is 103 Å². The van der Waals surface area contributed by atoms with Gasteiger partial charge < -0.3 is 25.2 Å². The molecule has 1 saturated carbocycles. The van der Waals surface area contributed by atoms with Crippen LogP contribution < -0.4 is 36.0 Å². The van der Waals surface area contributed by atoms with E-state index in [1.54, 1.807) is 25.3 Å². The van der Waals surface area contributed by atoms with Gasteiger partial charge in [0.25, 0.3) is 17.4 Å². The van der Waals surface area contributed by atoms with Gasteiger partial charge in [-0.25, -0.2) is 9.67 Å². The molecule has 1 aliphatic carbocycles. The number of rotatable bonds is 10. The van der Waals surface area contributed by atoms with Gasteiger partial charge in [0.15, 0.2) is 11.6 Å². The van der Waals surface area contributed by atoms with E-state index in [0.717, 1.165) is 54.6 Å². The number of methoxy groups -OCH3 is 1. The molecule has 2 saturated heterocycles. The molecule has 2 atom stereocenters. The number of hydrogen-bond acceptors (Lipinski definition) is 13. The number of amides is 3. The zero-order valence-corrected chi connectivity index (χ0v) is 35.1. The highest BCUT2D eigenvalue weighted by Gasteiger charge is 2.37. The highest BCUT2D eigenvalue weighted by molar-refractivity contribution is 5.99. The number of hydrogen-bond donors (Lipinski definition) is 3. The van der Waals surface area contributed by atoms with Crippen molar-refractivity contribution in [3.05, 3.63) is 75.9 Å². The molecule has 5 aromatic rings. The zero-order valence-electron chi connectivity index (χ0n) is 35.1. The Hall–Kier alpha value is -6.39. The van der Waals surface area contributed by atoms with E-state index in [9.17, 15) is 19.2 Å². The largest absolute Gasteiger partial charge is 0.495 e. The lowest BCUT2D eigenvalue weighted by Gasteiger charge is -2.39. The summed E-state index contributed by atoms with van der Waals surface area (Å²) in [4.78, 5) is 65.7. The fourth-order valence-electron chi connectivity index (χ4n) is 9.57. The van der Waals surface area contributed by atoms with Crippen molar-refractivity contribution in [1.29, 1.82) is 0 Å². The lowest BCUT2D eigenvalue weighted by molar-refractivity contribution is -0.136. The molecule has 1 unspecified atom stereocenters. The van der Waals surface area contributed by atoms with Crippen LogP contribution in [0.2, 0.25) is 0 Å². The molecular weight excluding hydrogens is 777 g/mol. The average Bonchev–Trinajstić information content (AvgIpc) is 3.66. The summed E-state index contributed by atoms with van der Waals surface area (Å²) >= 11 is 0. The second-order valence-corrected chi connectivity index (χ2v) is 16.7. The predicted molar refractivity (Wildman–Crippen MR) is 230 cm³/mol. The van der Waals surface area contributed by atoms with Gasteiger partial charge in [-0.15, -0.1) is 10.2 Å². The first-order valence-electron chi connectivity index (χ1n) is 21.5. The van der Waals surface area contributed by atoms with E-state index >= 15 is 0 Å². The van der Waals surface area contributed by atoms with Gasteiger partial charge in [-0.3, -0.25) is 29.1 Å².